The maximum absolute atomic E-state index is 13.0. The molecule has 14 nitrogen and oxygen atoms in total. The molecule has 2 aliphatic rings. The summed E-state index contributed by atoms with van der Waals surface area (Å²) in [7, 11) is 0. The van der Waals surface area contributed by atoms with Gasteiger partial charge in [0, 0.05) is 6.42 Å². The number of allylic oxidation sites excluding steroid dienone is 19. The molecule has 1 amide bonds. The number of hydrogen-bond donors (Lipinski definition) is 9. The molecular weight excluding hydrogens is 943 g/mol. The fraction of sp³-hybridized carbons (Fsp3) is 0.650. The molecule has 12 unspecified atom stereocenters. The molecule has 0 aromatic carbocycles. The molecule has 0 aromatic heterocycles. The highest BCUT2D eigenvalue weighted by Crippen LogP contribution is 2.30. The molecule has 74 heavy (non-hydrogen) atoms. The maximum atomic E-state index is 13.0. The van der Waals surface area contributed by atoms with E-state index < -0.39 is 86.8 Å². The van der Waals surface area contributed by atoms with Crippen molar-refractivity contribution in [1.82, 2.24) is 5.32 Å². The quantitative estimate of drug-likeness (QED) is 0.0207. The van der Waals surface area contributed by atoms with E-state index in [4.69, 9.17) is 18.9 Å². The van der Waals surface area contributed by atoms with Crippen LogP contribution in [-0.4, -0.2) is 140 Å². The van der Waals surface area contributed by atoms with E-state index in [0.29, 0.717) is 12.8 Å². The minimum absolute atomic E-state index is 0.263. The van der Waals surface area contributed by atoms with Crippen molar-refractivity contribution in [2.75, 3.05) is 19.8 Å². The van der Waals surface area contributed by atoms with Gasteiger partial charge in [-0.2, -0.15) is 0 Å². The minimum atomic E-state index is -1.79. The Bertz CT molecular complexity index is 1700. The summed E-state index contributed by atoms with van der Waals surface area (Å²) in [6.07, 6.45) is 48.0. The molecule has 2 saturated heterocycles. The summed E-state index contributed by atoms with van der Waals surface area (Å²) < 4.78 is 22.5. The second kappa shape index (κ2) is 44.5. The van der Waals surface area contributed by atoms with Crippen LogP contribution >= 0.6 is 0 Å². The SMILES string of the molecule is CC/C=C\C/C=C\C/C=C\C/C=C\C/C=C\C/C=C\C/C=C\C/C=C\C/C=C\CCCCCCCCCCCC(=O)NC(COC1OC(CO)C(OC2OC(CO)C(O)C(O)C2O)C(O)C1O)C(O)/C=C/CCC. The number of carbonyl (C=O) groups is 1. The fourth-order valence-electron chi connectivity index (χ4n) is 8.17. The zero-order valence-electron chi connectivity index (χ0n) is 44.8. The molecule has 0 aliphatic carbocycles. The third-order valence-corrected chi connectivity index (χ3v) is 12.6. The van der Waals surface area contributed by atoms with Crippen LogP contribution < -0.4 is 5.32 Å². The van der Waals surface area contributed by atoms with E-state index in [-0.39, 0.29) is 18.9 Å². The standard InChI is InChI=1S/C60H97NO13/c1-3-5-7-8-9-10-11-12-13-14-15-16-17-18-19-20-21-22-23-24-25-26-27-28-29-30-31-32-33-34-35-36-37-38-39-40-42-44-52(65)61-48(49(64)43-41-6-4-2)47-71-59-57(70)55(68)58(51(46-63)73-59)74-60-56(69)54(67)53(66)50(45-62)72-60/h5,7,9-10,12-13,15-16,18-19,21-22,24-25,27-28,30-31,41,43,48-51,53-60,62-64,66-70H,3-4,6,8,11,14,17,20,23,26,29,32-40,42,44-47H2,1-2H3,(H,61,65)/b7-5-,10-9-,13-12-,16-15-,19-18-,22-21-,25-24-,28-27-,31-30-,43-41+. The summed E-state index contributed by atoms with van der Waals surface area (Å²) in [4.78, 5) is 13.0. The number of ether oxygens (including phenoxy) is 4. The van der Waals surface area contributed by atoms with Gasteiger partial charge in [-0.05, 0) is 83.5 Å². The van der Waals surface area contributed by atoms with E-state index in [1.807, 2.05) is 6.92 Å². The molecule has 2 rings (SSSR count). The van der Waals surface area contributed by atoms with Crippen molar-refractivity contribution in [2.24, 2.45) is 0 Å². The minimum Gasteiger partial charge on any atom is -0.394 e. The van der Waals surface area contributed by atoms with Crippen LogP contribution in [0, 0.1) is 0 Å². The summed E-state index contributed by atoms with van der Waals surface area (Å²) in [6.45, 7) is 2.41. The van der Waals surface area contributed by atoms with Gasteiger partial charge in [0.15, 0.2) is 12.6 Å². The first kappa shape index (κ1) is 66.5. The van der Waals surface area contributed by atoms with Crippen LogP contribution in [0.15, 0.2) is 122 Å². The summed E-state index contributed by atoms with van der Waals surface area (Å²) in [5.41, 5.74) is 0. The first-order chi connectivity index (χ1) is 36.1. The van der Waals surface area contributed by atoms with Crippen molar-refractivity contribution in [1.29, 1.82) is 0 Å². The average molecular weight is 1040 g/mol. The largest absolute Gasteiger partial charge is 0.394 e. The van der Waals surface area contributed by atoms with Gasteiger partial charge in [-0.3, -0.25) is 4.79 Å². The lowest BCUT2D eigenvalue weighted by Crippen LogP contribution is -2.65. The number of aliphatic hydroxyl groups is 8. The lowest BCUT2D eigenvalue weighted by atomic mass is 9.97. The topological polar surface area (TPSA) is 228 Å². The van der Waals surface area contributed by atoms with Gasteiger partial charge < -0.3 is 65.1 Å². The Kier molecular flexibility index (Phi) is 40.0. The molecule has 0 spiro atoms. The van der Waals surface area contributed by atoms with E-state index in [1.165, 1.54) is 32.1 Å². The van der Waals surface area contributed by atoms with Crippen molar-refractivity contribution in [2.45, 2.75) is 229 Å². The Balaban J connectivity index is 1.53. The van der Waals surface area contributed by atoms with Crippen molar-refractivity contribution >= 4 is 5.91 Å². The summed E-state index contributed by atoms with van der Waals surface area (Å²) in [5.74, 6) is -0.265. The van der Waals surface area contributed by atoms with Crippen LogP contribution in [0.5, 0.6) is 0 Å². The number of amides is 1. The lowest BCUT2D eigenvalue weighted by Gasteiger charge is -2.46. The molecule has 9 N–H and O–H groups in total. The zero-order valence-corrected chi connectivity index (χ0v) is 44.8. The Labute approximate surface area is 444 Å². The van der Waals surface area contributed by atoms with Gasteiger partial charge in [-0.15, -0.1) is 0 Å². The van der Waals surface area contributed by atoms with Gasteiger partial charge >= 0.3 is 0 Å². The predicted molar refractivity (Wildman–Crippen MR) is 295 cm³/mol. The molecule has 2 fully saturated rings. The summed E-state index contributed by atoms with van der Waals surface area (Å²) in [5, 5.41) is 85.9. The number of aliphatic hydroxyl groups excluding tert-OH is 8. The maximum Gasteiger partial charge on any atom is 0.220 e. The van der Waals surface area contributed by atoms with Crippen molar-refractivity contribution in [3.05, 3.63) is 122 Å². The molecule has 2 aliphatic heterocycles. The molecule has 420 valence electrons. The van der Waals surface area contributed by atoms with Gasteiger partial charge in [0.05, 0.1) is 32.0 Å². The molecule has 0 aromatic rings. The van der Waals surface area contributed by atoms with E-state index in [0.717, 1.165) is 89.9 Å². The van der Waals surface area contributed by atoms with Gasteiger partial charge in [0.1, 0.15) is 48.8 Å². The lowest BCUT2D eigenvalue weighted by molar-refractivity contribution is -0.359. The van der Waals surface area contributed by atoms with Crippen LogP contribution in [-0.2, 0) is 23.7 Å². The van der Waals surface area contributed by atoms with Crippen molar-refractivity contribution in [3.8, 4) is 0 Å². The third kappa shape index (κ3) is 30.2. The second-order valence-corrected chi connectivity index (χ2v) is 19.0. The Hall–Kier alpha value is -3.61. The number of unbranched alkanes of at least 4 members (excludes halogenated alkanes) is 10. The Morgan fingerprint density at radius 3 is 1.41 bits per heavy atom. The first-order valence-electron chi connectivity index (χ1n) is 27.8. The van der Waals surface area contributed by atoms with Crippen LogP contribution in [0.3, 0.4) is 0 Å². The van der Waals surface area contributed by atoms with Gasteiger partial charge in [-0.1, -0.05) is 187 Å². The predicted octanol–water partition coefficient (Wildman–Crippen LogP) is 8.66. The van der Waals surface area contributed by atoms with Crippen molar-refractivity contribution in [3.63, 3.8) is 0 Å². The summed E-state index contributed by atoms with van der Waals surface area (Å²) >= 11 is 0. The van der Waals surface area contributed by atoms with Gasteiger partial charge in [0.2, 0.25) is 5.91 Å². The van der Waals surface area contributed by atoms with E-state index >= 15 is 0 Å². The molecular formula is C60H97NO13. The highest BCUT2D eigenvalue weighted by Gasteiger charge is 2.51. The normalized spacial score (nSPS) is 26.2. The third-order valence-electron chi connectivity index (χ3n) is 12.6. The fourth-order valence-corrected chi connectivity index (χ4v) is 8.17. The highest BCUT2D eigenvalue weighted by molar-refractivity contribution is 5.76. The number of hydrogen-bond acceptors (Lipinski definition) is 13. The number of nitrogens with one attached hydrogen (secondary N) is 1. The monoisotopic (exact) mass is 1040 g/mol. The van der Waals surface area contributed by atoms with Gasteiger partial charge in [0.25, 0.3) is 0 Å². The van der Waals surface area contributed by atoms with Crippen LogP contribution in [0.2, 0.25) is 0 Å². The molecule has 14 heteroatoms. The molecule has 12 atom stereocenters. The zero-order chi connectivity index (χ0) is 53.9. The smallest absolute Gasteiger partial charge is 0.220 e. The molecule has 0 radical (unpaired) electrons. The van der Waals surface area contributed by atoms with Crippen LogP contribution in [0.4, 0.5) is 0 Å². The average Bonchev–Trinajstić information content (AvgIpc) is 3.40. The molecule has 2 heterocycles. The van der Waals surface area contributed by atoms with E-state index in [1.54, 1.807) is 12.2 Å². The molecule has 0 bridgehead atoms. The number of rotatable bonds is 41. The highest BCUT2D eigenvalue weighted by atomic mass is 16.7. The first-order valence-corrected chi connectivity index (χ1v) is 27.8. The Morgan fingerprint density at radius 1 is 0.500 bits per heavy atom. The second-order valence-electron chi connectivity index (χ2n) is 19.0. The van der Waals surface area contributed by atoms with Crippen LogP contribution in [0.1, 0.15) is 155 Å². The summed E-state index contributed by atoms with van der Waals surface area (Å²) in [6, 6.07) is -0.921. The van der Waals surface area contributed by atoms with Crippen LogP contribution in [0.25, 0.3) is 0 Å². The molecule has 0 saturated carbocycles. The van der Waals surface area contributed by atoms with Crippen molar-refractivity contribution < 1.29 is 64.6 Å². The van der Waals surface area contributed by atoms with E-state index in [9.17, 15) is 45.6 Å². The van der Waals surface area contributed by atoms with Gasteiger partial charge in [-0.25, -0.2) is 0 Å². The Morgan fingerprint density at radius 2 is 0.932 bits per heavy atom. The number of carbonyl (C=O) groups excluding carboxylic acids is 1. The van der Waals surface area contributed by atoms with E-state index in [2.05, 4.69) is 122 Å².